The van der Waals surface area contributed by atoms with Crippen molar-refractivity contribution in [1.82, 2.24) is 10.2 Å². The van der Waals surface area contributed by atoms with Gasteiger partial charge in [0.05, 0.1) is 5.75 Å². The van der Waals surface area contributed by atoms with Crippen molar-refractivity contribution in [3.63, 3.8) is 0 Å². The molecule has 0 spiro atoms. The smallest absolute Gasteiger partial charge is 0.243 e. The lowest BCUT2D eigenvalue weighted by molar-refractivity contribution is -0.139. The van der Waals surface area contributed by atoms with E-state index in [9.17, 15) is 9.59 Å². The van der Waals surface area contributed by atoms with Gasteiger partial charge in [-0.1, -0.05) is 90.0 Å². The van der Waals surface area contributed by atoms with Crippen LogP contribution in [0, 0.1) is 13.8 Å². The first kappa shape index (κ1) is 26.6. The summed E-state index contributed by atoms with van der Waals surface area (Å²) in [5.41, 5.74) is 5.71. The maximum atomic E-state index is 13.6. The van der Waals surface area contributed by atoms with Crippen molar-refractivity contribution >= 4 is 23.6 Å². The number of benzene rings is 3. The second-order valence-electron chi connectivity index (χ2n) is 9.36. The molecule has 0 aliphatic rings. The van der Waals surface area contributed by atoms with Crippen LogP contribution in [0.4, 0.5) is 0 Å². The molecular weight excluding hydrogens is 452 g/mol. The standard InChI is InChI=1S/C30H36N2O2S/c1-22(2)31-30(34)28(18-25-11-7-5-8-12-25)32(19-26-13-9-6-10-14-26)29(33)21-35-20-27-16-23(3)15-24(4)17-27/h5-17,22,28H,18-21H2,1-4H3,(H,31,34)/t28-/m0/s1. The first-order chi connectivity index (χ1) is 16.8. The molecule has 1 atom stereocenters. The lowest BCUT2D eigenvalue weighted by atomic mass is 10.0. The first-order valence-corrected chi connectivity index (χ1v) is 13.3. The molecule has 184 valence electrons. The van der Waals surface area contributed by atoms with Gasteiger partial charge in [0.1, 0.15) is 6.04 Å². The Labute approximate surface area is 214 Å². The number of rotatable bonds is 11. The van der Waals surface area contributed by atoms with Crippen molar-refractivity contribution in [2.75, 3.05) is 5.75 Å². The molecule has 5 heteroatoms. The fourth-order valence-electron chi connectivity index (χ4n) is 4.21. The molecule has 1 N–H and O–H groups in total. The first-order valence-electron chi connectivity index (χ1n) is 12.1. The highest BCUT2D eigenvalue weighted by molar-refractivity contribution is 7.99. The molecule has 3 aromatic carbocycles. The molecule has 0 heterocycles. The molecule has 0 radical (unpaired) electrons. The lowest BCUT2D eigenvalue weighted by Crippen LogP contribution is -2.52. The number of carbonyl (C=O) groups excluding carboxylic acids is 2. The number of nitrogens with zero attached hydrogens (tertiary/aromatic N) is 1. The molecule has 0 saturated carbocycles. The fraction of sp³-hybridized carbons (Fsp3) is 0.333. The molecule has 3 rings (SSSR count). The highest BCUT2D eigenvalue weighted by Crippen LogP contribution is 2.20. The SMILES string of the molecule is Cc1cc(C)cc(CSCC(=O)N(Cc2ccccc2)[C@@H](Cc2ccccc2)C(=O)NC(C)C)c1. The van der Waals surface area contributed by atoms with Crippen LogP contribution in [0.15, 0.2) is 78.9 Å². The summed E-state index contributed by atoms with van der Waals surface area (Å²) in [5.74, 6) is 0.935. The summed E-state index contributed by atoms with van der Waals surface area (Å²) in [6.07, 6.45) is 0.472. The Bertz CT molecular complexity index is 1080. The van der Waals surface area contributed by atoms with Crippen LogP contribution >= 0.6 is 11.8 Å². The molecule has 35 heavy (non-hydrogen) atoms. The Hall–Kier alpha value is -3.05. The number of thioether (sulfide) groups is 1. The average molecular weight is 489 g/mol. The molecule has 0 aliphatic heterocycles. The van der Waals surface area contributed by atoms with Gasteiger partial charge < -0.3 is 10.2 Å². The van der Waals surface area contributed by atoms with Gasteiger partial charge in [-0.05, 0) is 44.4 Å². The van der Waals surface area contributed by atoms with Gasteiger partial charge in [0.25, 0.3) is 0 Å². The van der Waals surface area contributed by atoms with Gasteiger partial charge in [0.15, 0.2) is 0 Å². The van der Waals surface area contributed by atoms with Crippen LogP contribution < -0.4 is 5.32 Å². The summed E-state index contributed by atoms with van der Waals surface area (Å²) >= 11 is 1.60. The fourth-order valence-corrected chi connectivity index (χ4v) is 5.05. The van der Waals surface area contributed by atoms with Crippen LogP contribution in [0.2, 0.25) is 0 Å². The van der Waals surface area contributed by atoms with E-state index in [0.29, 0.717) is 18.7 Å². The van der Waals surface area contributed by atoms with E-state index in [1.54, 1.807) is 16.7 Å². The highest BCUT2D eigenvalue weighted by atomic mass is 32.2. The molecule has 3 aromatic rings. The Morgan fingerprint density at radius 1 is 0.829 bits per heavy atom. The number of carbonyl (C=O) groups is 2. The van der Waals surface area contributed by atoms with Crippen molar-refractivity contribution < 1.29 is 9.59 Å². The Kier molecular flexibility index (Phi) is 9.98. The predicted octanol–water partition coefficient (Wildman–Crippen LogP) is 5.70. The van der Waals surface area contributed by atoms with Crippen molar-refractivity contribution in [3.05, 3.63) is 107 Å². The van der Waals surface area contributed by atoms with E-state index in [2.05, 4.69) is 37.4 Å². The molecule has 2 amide bonds. The van der Waals surface area contributed by atoms with E-state index in [0.717, 1.165) is 16.9 Å². The van der Waals surface area contributed by atoms with Gasteiger partial charge in [0.2, 0.25) is 11.8 Å². The van der Waals surface area contributed by atoms with E-state index in [-0.39, 0.29) is 17.9 Å². The Morgan fingerprint density at radius 2 is 1.40 bits per heavy atom. The average Bonchev–Trinajstić information content (AvgIpc) is 2.81. The van der Waals surface area contributed by atoms with Crippen molar-refractivity contribution in [2.45, 2.75) is 58.5 Å². The number of amides is 2. The quantitative estimate of drug-likeness (QED) is 0.377. The summed E-state index contributed by atoms with van der Waals surface area (Å²) < 4.78 is 0. The van der Waals surface area contributed by atoms with Gasteiger partial charge in [-0.15, -0.1) is 11.8 Å². The van der Waals surface area contributed by atoms with Crippen molar-refractivity contribution in [3.8, 4) is 0 Å². The molecule has 0 fully saturated rings. The van der Waals surface area contributed by atoms with E-state index in [1.807, 2.05) is 74.5 Å². The van der Waals surface area contributed by atoms with E-state index in [1.165, 1.54) is 16.7 Å². The lowest BCUT2D eigenvalue weighted by Gasteiger charge is -2.32. The summed E-state index contributed by atoms with van der Waals surface area (Å²) in [6, 6.07) is 25.7. The van der Waals surface area contributed by atoms with Crippen molar-refractivity contribution in [1.29, 1.82) is 0 Å². The maximum Gasteiger partial charge on any atom is 0.243 e. The number of hydrogen-bond donors (Lipinski definition) is 1. The van der Waals surface area contributed by atoms with Crippen LogP contribution in [0.5, 0.6) is 0 Å². The summed E-state index contributed by atoms with van der Waals surface area (Å²) in [6.45, 7) is 8.47. The zero-order valence-corrected chi connectivity index (χ0v) is 22.0. The number of hydrogen-bond acceptors (Lipinski definition) is 3. The topological polar surface area (TPSA) is 49.4 Å². The largest absolute Gasteiger partial charge is 0.352 e. The normalized spacial score (nSPS) is 11.8. The molecule has 0 unspecified atom stereocenters. The maximum absolute atomic E-state index is 13.6. The second kappa shape index (κ2) is 13.1. The van der Waals surface area contributed by atoms with Crippen molar-refractivity contribution in [2.24, 2.45) is 0 Å². The third-order valence-corrected chi connectivity index (χ3v) is 6.66. The molecule has 0 saturated heterocycles. The van der Waals surface area contributed by atoms with Gasteiger partial charge in [-0.3, -0.25) is 9.59 Å². The molecule has 0 aromatic heterocycles. The van der Waals surface area contributed by atoms with E-state index >= 15 is 0 Å². The Morgan fingerprint density at radius 3 is 1.97 bits per heavy atom. The highest BCUT2D eigenvalue weighted by Gasteiger charge is 2.30. The van der Waals surface area contributed by atoms with Crippen LogP contribution in [0.3, 0.4) is 0 Å². The third kappa shape index (κ3) is 8.59. The zero-order chi connectivity index (χ0) is 25.2. The Balaban J connectivity index is 1.82. The summed E-state index contributed by atoms with van der Waals surface area (Å²) in [7, 11) is 0. The van der Waals surface area contributed by atoms with E-state index in [4.69, 9.17) is 0 Å². The van der Waals surface area contributed by atoms with Crippen LogP contribution in [-0.2, 0) is 28.3 Å². The number of nitrogens with one attached hydrogen (secondary N) is 1. The van der Waals surface area contributed by atoms with Crippen LogP contribution in [-0.4, -0.2) is 34.6 Å². The summed E-state index contributed by atoms with van der Waals surface area (Å²) in [4.78, 5) is 28.7. The molecular formula is C30H36N2O2S. The minimum atomic E-state index is -0.589. The number of aryl methyl sites for hydroxylation is 2. The van der Waals surface area contributed by atoms with Gasteiger partial charge in [-0.2, -0.15) is 0 Å². The van der Waals surface area contributed by atoms with Gasteiger partial charge in [0, 0.05) is 24.8 Å². The molecule has 4 nitrogen and oxygen atoms in total. The zero-order valence-electron chi connectivity index (χ0n) is 21.2. The van der Waals surface area contributed by atoms with Gasteiger partial charge >= 0.3 is 0 Å². The second-order valence-corrected chi connectivity index (χ2v) is 10.4. The van der Waals surface area contributed by atoms with Crippen LogP contribution in [0.1, 0.15) is 41.7 Å². The molecule has 0 bridgehead atoms. The monoisotopic (exact) mass is 488 g/mol. The minimum Gasteiger partial charge on any atom is -0.352 e. The molecule has 0 aliphatic carbocycles. The summed E-state index contributed by atoms with van der Waals surface area (Å²) in [5, 5.41) is 3.04. The third-order valence-electron chi connectivity index (χ3n) is 5.67. The predicted molar refractivity (Wildman–Crippen MR) is 146 cm³/mol. The van der Waals surface area contributed by atoms with Crippen LogP contribution in [0.25, 0.3) is 0 Å². The minimum absolute atomic E-state index is 0.00612. The van der Waals surface area contributed by atoms with Gasteiger partial charge in [-0.25, -0.2) is 0 Å². The van der Waals surface area contributed by atoms with E-state index < -0.39 is 6.04 Å².